The van der Waals surface area contributed by atoms with Crippen LogP contribution in [0.1, 0.15) is 315 Å². The Kier molecular flexibility index (Phi) is 45.6. The number of aromatic nitrogens is 15. The van der Waals surface area contributed by atoms with Gasteiger partial charge in [-0.1, -0.05) is 152 Å². The summed E-state index contributed by atoms with van der Waals surface area (Å²) in [5.74, 6) is 11.8. The molecule has 0 aliphatic rings. The van der Waals surface area contributed by atoms with Crippen LogP contribution in [0.3, 0.4) is 0 Å². The van der Waals surface area contributed by atoms with Gasteiger partial charge in [0.05, 0.1) is 48.1 Å². The van der Waals surface area contributed by atoms with Crippen molar-refractivity contribution >= 4 is 34.0 Å². The smallest absolute Gasteiger partial charge is 0.219 e. The van der Waals surface area contributed by atoms with Crippen LogP contribution in [0.2, 0.25) is 0 Å². The molecule has 0 fully saturated rings. The van der Waals surface area contributed by atoms with E-state index in [9.17, 15) is 0 Å². The van der Waals surface area contributed by atoms with E-state index in [-0.39, 0.29) is 0 Å². The molecule has 99 heavy (non-hydrogen) atoms. The number of rotatable bonds is 12. The fourth-order valence-electron chi connectivity index (χ4n) is 6.46. The Morgan fingerprint density at radius 1 is 0.414 bits per heavy atom. The van der Waals surface area contributed by atoms with Crippen molar-refractivity contribution in [3.63, 3.8) is 0 Å². The van der Waals surface area contributed by atoms with Crippen LogP contribution in [0.15, 0.2) is 158 Å². The van der Waals surface area contributed by atoms with Crippen LogP contribution < -0.4 is 0 Å². The van der Waals surface area contributed by atoms with Crippen molar-refractivity contribution in [2.24, 2.45) is 0 Å². The van der Waals surface area contributed by atoms with Crippen LogP contribution in [0.25, 0.3) is 0 Å². The fraction of sp³-hybridized carbons (Fsp3) is 0.534. The van der Waals surface area contributed by atoms with Gasteiger partial charge in [0.1, 0.15) is 50.3 Å². The first-order valence-electron chi connectivity index (χ1n) is 33.5. The van der Waals surface area contributed by atoms with Crippen LogP contribution in [-0.4, -0.2) is 75.5 Å². The summed E-state index contributed by atoms with van der Waals surface area (Å²) in [7, 11) is 0. The van der Waals surface area contributed by atoms with Crippen LogP contribution in [0.4, 0.5) is 0 Å². The maximum atomic E-state index is 5.23. The number of hydrogen-bond acceptors (Lipinski definition) is 25. The number of furan rings is 2. The van der Waals surface area contributed by atoms with Gasteiger partial charge in [0, 0.05) is 90.2 Å². The summed E-state index contributed by atoms with van der Waals surface area (Å²) in [6.45, 7) is 55.7. The summed E-state index contributed by atoms with van der Waals surface area (Å²) >= 11 is 5.00. The van der Waals surface area contributed by atoms with E-state index >= 15 is 0 Å². The van der Waals surface area contributed by atoms with Crippen molar-refractivity contribution in [3.05, 3.63) is 201 Å². The second kappa shape index (κ2) is 50.9. The number of thiazole rings is 1. The minimum absolute atomic E-state index is 0.339. The van der Waals surface area contributed by atoms with Gasteiger partial charge in [-0.05, 0) is 69.4 Å². The van der Waals surface area contributed by atoms with Gasteiger partial charge in [0.25, 0.3) is 0 Å². The SMILES string of the molecule is CC(C)c1ccco1.CC(C)c1ccoc1.CC(C)c1cnco1.CC(C)c1cocn1.CC(C)c1ncco1.CC(C)c1nccs1.CC(C)c1nnco1.CC(C)c1nncs1.CC(C)n1cccn1.Cc1cnc(C(C)C)o1.Cc1nnc(C(C)C)o1.Cc1nnc(C(C)C)s1. The number of nitrogens with zero attached hydrogens (tertiary/aromatic N) is 15. The van der Waals surface area contributed by atoms with E-state index < -0.39 is 0 Å². The summed E-state index contributed by atoms with van der Waals surface area (Å²) in [6, 6.07) is 8.31. The average molecular weight is 1430 g/mol. The first-order chi connectivity index (χ1) is 46.8. The zero-order valence-electron chi connectivity index (χ0n) is 63.7. The Hall–Kier alpha value is -8.36. The monoisotopic (exact) mass is 1420 g/mol. The Labute approximate surface area is 600 Å². The highest BCUT2D eigenvalue weighted by Crippen LogP contribution is 2.20. The maximum Gasteiger partial charge on any atom is 0.219 e. The number of aryl methyl sites for hydroxylation is 3. The van der Waals surface area contributed by atoms with Crippen molar-refractivity contribution in [3.8, 4) is 0 Å². The van der Waals surface area contributed by atoms with E-state index in [1.165, 1.54) is 29.8 Å². The van der Waals surface area contributed by atoms with Crippen molar-refractivity contribution in [2.75, 3.05) is 0 Å². The van der Waals surface area contributed by atoms with Crippen molar-refractivity contribution in [1.29, 1.82) is 0 Å². The highest BCUT2D eigenvalue weighted by molar-refractivity contribution is 7.11. The lowest BCUT2D eigenvalue weighted by atomic mass is 10.1. The zero-order chi connectivity index (χ0) is 74.4. The van der Waals surface area contributed by atoms with Gasteiger partial charge >= 0.3 is 0 Å². The Morgan fingerprint density at radius 2 is 1.08 bits per heavy atom. The van der Waals surface area contributed by atoms with Crippen LogP contribution >= 0.6 is 34.0 Å². The summed E-state index contributed by atoms with van der Waals surface area (Å²) in [6.07, 6.45) is 23.5. The second-order valence-electron chi connectivity index (χ2n) is 25.6. The fourth-order valence-corrected chi connectivity index (χ4v) is 8.39. The predicted molar refractivity (Wildman–Crippen MR) is 396 cm³/mol. The minimum Gasteiger partial charge on any atom is -0.472 e. The zero-order valence-corrected chi connectivity index (χ0v) is 66.1. The number of oxazole rings is 4. The Bertz CT molecular complexity index is 2940. The minimum atomic E-state index is 0.339. The van der Waals surface area contributed by atoms with Gasteiger partial charge in [-0.3, -0.25) is 4.68 Å². The van der Waals surface area contributed by atoms with Gasteiger partial charge in [-0.2, -0.15) is 5.10 Å². The van der Waals surface area contributed by atoms with E-state index in [0.29, 0.717) is 88.8 Å². The van der Waals surface area contributed by atoms with Gasteiger partial charge in [0.15, 0.2) is 24.6 Å². The molecule has 12 aromatic rings. The molecule has 12 aromatic heterocycles. The van der Waals surface area contributed by atoms with Gasteiger partial charge in [-0.15, -0.1) is 74.8 Å². The molecule has 0 saturated heterocycles. The molecule has 0 unspecified atom stereocenters. The molecule has 0 aliphatic heterocycles. The van der Waals surface area contributed by atoms with E-state index in [0.717, 1.165) is 49.8 Å². The molecule has 0 aliphatic carbocycles. The second-order valence-corrected chi connectivity index (χ2v) is 28.6. The first-order valence-corrected chi connectivity index (χ1v) is 36.1. The van der Waals surface area contributed by atoms with Crippen molar-refractivity contribution in [1.82, 2.24) is 75.5 Å². The molecule has 26 heteroatoms. The first kappa shape index (κ1) is 88.7. The number of hydrogen-bond donors (Lipinski definition) is 0. The largest absolute Gasteiger partial charge is 0.472 e. The molecule has 0 N–H and O–H groups in total. The molecule has 0 radical (unpaired) electrons. The highest BCUT2D eigenvalue weighted by atomic mass is 32.1. The third kappa shape index (κ3) is 41.0. The highest BCUT2D eigenvalue weighted by Gasteiger charge is 2.08. The van der Waals surface area contributed by atoms with Gasteiger partial charge in [0.2, 0.25) is 24.1 Å². The average Bonchev–Trinajstić information content (AvgIpc) is 1.84. The Morgan fingerprint density at radius 3 is 1.32 bits per heavy atom. The summed E-state index contributed by atoms with van der Waals surface area (Å²) in [5, 5.41) is 40.8. The third-order valence-corrected chi connectivity index (χ3v) is 15.5. The molecule has 0 aromatic carbocycles. The molecule has 0 atom stereocenters. The topological polar surface area (TPSA) is 291 Å². The van der Waals surface area contributed by atoms with E-state index in [2.05, 4.69) is 195 Å². The lowest BCUT2D eigenvalue weighted by molar-refractivity contribution is 0.447. The molecule has 23 nitrogen and oxygen atoms in total. The summed E-state index contributed by atoms with van der Waals surface area (Å²) < 4.78 is 41.8. The summed E-state index contributed by atoms with van der Waals surface area (Å²) in [5.41, 5.74) is 4.05. The molecule has 0 spiro atoms. The maximum absolute atomic E-state index is 5.23. The standard InChI is InChI=1S/C7H11NO.2C7H10O.C6H10N2O.C6H10N2S.C6H10N2.3C6H9NO.C6H9NS.C5H8N2O.C5H8N2S/c1-5(2)7-8-4-6(3)9-7;1-6(2)7-3-4-8-5-7;1-6(2)7-4-3-5-8-7;2*1-4(2)6-8-7-5(3)9-6;1-6(2)8-5-3-4-7-8;1-5(2)6-3-8-4-7-6;1-5(2)6-3-7-4-8-6;2*1-5(2)6-7-3-4-8-6;2*1-4(2)5-7-6-3-8-5/h4-5H,1-3H3;2*3-6H,1-2H3;2*4H,1-3H3;3-6H,1-2H3;4*3-5H,1-2H3;2*3-4H,1-2H3. The van der Waals surface area contributed by atoms with Gasteiger partial charge < -0.3 is 35.3 Å². The molecular weight excluding hydrogens is 1310 g/mol. The third-order valence-electron chi connectivity index (χ3n) is 12.3. The predicted octanol–water partition coefficient (Wildman–Crippen LogP) is 22.4. The summed E-state index contributed by atoms with van der Waals surface area (Å²) in [4.78, 5) is 19.9. The molecule has 0 bridgehead atoms. The van der Waals surface area contributed by atoms with Gasteiger partial charge in [-0.25, -0.2) is 24.9 Å². The van der Waals surface area contributed by atoms with Crippen LogP contribution in [0, 0.1) is 20.8 Å². The van der Waals surface area contributed by atoms with E-state index in [1.807, 2.05) is 102 Å². The van der Waals surface area contributed by atoms with E-state index in [4.69, 9.17) is 35.3 Å². The molecular formula is C73H113N15O8S3. The van der Waals surface area contributed by atoms with Crippen LogP contribution in [-0.2, 0) is 0 Å². The quantitative estimate of drug-likeness (QED) is 0.110. The van der Waals surface area contributed by atoms with E-state index in [1.54, 1.807) is 103 Å². The molecule has 12 heterocycles. The van der Waals surface area contributed by atoms with Crippen molar-refractivity contribution in [2.45, 2.75) is 258 Å². The molecule has 0 amide bonds. The molecule has 0 saturated carbocycles. The normalized spacial score (nSPS) is 10.5. The Balaban J connectivity index is 0.000000540. The lowest BCUT2D eigenvalue weighted by Gasteiger charge is -2.01. The lowest BCUT2D eigenvalue weighted by Crippen LogP contribution is -1.99. The molecule has 546 valence electrons. The van der Waals surface area contributed by atoms with Crippen LogP contribution in [0.5, 0.6) is 0 Å². The van der Waals surface area contributed by atoms with Crippen molar-refractivity contribution < 1.29 is 35.3 Å². The molecule has 12 rings (SSSR count).